The average Bonchev–Trinajstić information content (AvgIpc) is 3.83. The van der Waals surface area contributed by atoms with Gasteiger partial charge in [0.25, 0.3) is 0 Å². The lowest BCUT2D eigenvalue weighted by Crippen LogP contribution is -2.10. The molecule has 0 aliphatic heterocycles. The molecule has 8 aromatic carbocycles. The van der Waals surface area contributed by atoms with E-state index >= 15 is 0 Å². The van der Waals surface area contributed by atoms with Crippen LogP contribution in [0.15, 0.2) is 188 Å². The second-order valence-electron chi connectivity index (χ2n) is 19.0. The second-order valence-corrected chi connectivity index (χ2v) is 19.0. The molecule has 3 heterocycles. The van der Waals surface area contributed by atoms with Crippen molar-refractivity contribution in [1.82, 2.24) is 24.1 Å². The van der Waals surface area contributed by atoms with Crippen molar-refractivity contribution in [2.75, 3.05) is 0 Å². The van der Waals surface area contributed by atoms with Crippen molar-refractivity contribution < 1.29 is 0 Å². The first-order valence-corrected chi connectivity index (χ1v) is 22.2. The highest BCUT2D eigenvalue weighted by Gasteiger charge is 2.23. The highest BCUT2D eigenvalue weighted by Crippen LogP contribution is 2.40. The molecule has 0 saturated carbocycles. The first kappa shape index (κ1) is 39.2. The molecule has 64 heavy (non-hydrogen) atoms. The third-order valence-electron chi connectivity index (χ3n) is 12.8. The fourth-order valence-electron chi connectivity index (χ4n) is 9.26. The topological polar surface area (TPSA) is 48.5 Å². The van der Waals surface area contributed by atoms with Crippen LogP contribution in [-0.4, -0.2) is 24.1 Å². The van der Waals surface area contributed by atoms with Crippen LogP contribution in [0.3, 0.4) is 0 Å². The predicted molar refractivity (Wildman–Crippen MR) is 268 cm³/mol. The molecule has 0 N–H and O–H groups in total. The molecule has 3 aromatic heterocycles. The number of hydrogen-bond donors (Lipinski definition) is 0. The summed E-state index contributed by atoms with van der Waals surface area (Å²) in [7, 11) is 0. The molecular formula is C59H49N5. The van der Waals surface area contributed by atoms with Crippen LogP contribution in [0.25, 0.3) is 100 Å². The van der Waals surface area contributed by atoms with Crippen LogP contribution in [0, 0.1) is 0 Å². The third-order valence-corrected chi connectivity index (χ3v) is 12.8. The van der Waals surface area contributed by atoms with Crippen molar-refractivity contribution >= 4 is 43.6 Å². The van der Waals surface area contributed by atoms with Crippen molar-refractivity contribution in [3.05, 3.63) is 199 Å². The minimum absolute atomic E-state index is 0.0728. The van der Waals surface area contributed by atoms with Crippen molar-refractivity contribution in [1.29, 1.82) is 0 Å². The number of hydrogen-bond acceptors (Lipinski definition) is 3. The van der Waals surface area contributed by atoms with Gasteiger partial charge in [0.2, 0.25) is 5.95 Å². The van der Waals surface area contributed by atoms with Crippen LogP contribution in [-0.2, 0) is 10.8 Å². The van der Waals surface area contributed by atoms with Gasteiger partial charge in [0.1, 0.15) is 0 Å². The monoisotopic (exact) mass is 827 g/mol. The highest BCUT2D eigenvalue weighted by atomic mass is 15.2. The van der Waals surface area contributed by atoms with Crippen LogP contribution >= 0.6 is 0 Å². The van der Waals surface area contributed by atoms with Crippen molar-refractivity contribution in [3.8, 4) is 56.7 Å². The fraction of sp³-hybridized carbons (Fsp3) is 0.136. The van der Waals surface area contributed by atoms with Gasteiger partial charge in [-0.2, -0.15) is 9.97 Å². The van der Waals surface area contributed by atoms with Crippen LogP contribution in [0.2, 0.25) is 0 Å². The Hall–Kier alpha value is -7.63. The van der Waals surface area contributed by atoms with Gasteiger partial charge in [-0.25, -0.2) is 4.98 Å². The molecule has 0 aliphatic carbocycles. The maximum absolute atomic E-state index is 5.46. The number of fused-ring (bicyclic) bond motifs is 6. The van der Waals surface area contributed by atoms with E-state index in [-0.39, 0.29) is 10.8 Å². The standard InChI is InChI=1S/C59H49N5/c1-58(2,3)43-30-24-38(25-31-43)41-28-34-53-48(36-41)49-37-42(39-26-32-44(33-27-39)59(4,5)6)29-35-54(49)64(53)57-61-55(40-16-8-7-9-17-40)60-56(62-57)47-20-12-15-23-52(47)63-50-21-13-10-18-45(50)46-19-11-14-22-51(46)63/h7-37H,1-6H3. The summed E-state index contributed by atoms with van der Waals surface area (Å²) in [6.07, 6.45) is 0. The van der Waals surface area contributed by atoms with E-state index in [1.807, 2.05) is 18.2 Å². The Morgan fingerprint density at radius 3 is 1.30 bits per heavy atom. The van der Waals surface area contributed by atoms with Crippen LogP contribution in [0.5, 0.6) is 0 Å². The van der Waals surface area contributed by atoms with Gasteiger partial charge in [-0.1, -0.05) is 181 Å². The molecule has 0 unspecified atom stereocenters. The number of aromatic nitrogens is 5. The molecule has 0 fully saturated rings. The summed E-state index contributed by atoms with van der Waals surface area (Å²) in [4.78, 5) is 16.1. The maximum atomic E-state index is 5.46. The van der Waals surface area contributed by atoms with Crippen molar-refractivity contribution in [2.24, 2.45) is 0 Å². The van der Waals surface area contributed by atoms with E-state index in [2.05, 4.69) is 221 Å². The molecule has 11 aromatic rings. The molecule has 0 aliphatic rings. The van der Waals surface area contributed by atoms with Crippen LogP contribution < -0.4 is 0 Å². The van der Waals surface area contributed by atoms with Gasteiger partial charge in [0, 0.05) is 32.7 Å². The lowest BCUT2D eigenvalue weighted by molar-refractivity contribution is 0.590. The minimum Gasteiger partial charge on any atom is -0.309 e. The van der Waals surface area contributed by atoms with Gasteiger partial charge in [-0.3, -0.25) is 4.57 Å². The lowest BCUT2D eigenvalue weighted by atomic mass is 9.86. The Morgan fingerprint density at radius 2 is 0.766 bits per heavy atom. The quantitative estimate of drug-likeness (QED) is 0.168. The van der Waals surface area contributed by atoms with Gasteiger partial charge in [-0.05, 0) is 92.7 Å². The van der Waals surface area contributed by atoms with Gasteiger partial charge in [0.05, 0.1) is 27.8 Å². The summed E-state index contributed by atoms with van der Waals surface area (Å²) >= 11 is 0. The molecule has 0 bridgehead atoms. The van der Waals surface area contributed by atoms with Gasteiger partial charge in [0.15, 0.2) is 11.6 Å². The fourth-order valence-corrected chi connectivity index (χ4v) is 9.26. The number of rotatable bonds is 6. The Kier molecular flexibility index (Phi) is 9.21. The summed E-state index contributed by atoms with van der Waals surface area (Å²) < 4.78 is 4.57. The molecule has 5 heteroatoms. The lowest BCUT2D eigenvalue weighted by Gasteiger charge is -2.19. The van der Waals surface area contributed by atoms with E-state index < -0.39 is 0 Å². The summed E-state index contributed by atoms with van der Waals surface area (Å²) in [5, 5.41) is 4.67. The smallest absolute Gasteiger partial charge is 0.238 e. The van der Waals surface area contributed by atoms with E-state index in [0.29, 0.717) is 17.6 Å². The first-order valence-electron chi connectivity index (χ1n) is 22.2. The van der Waals surface area contributed by atoms with Gasteiger partial charge >= 0.3 is 0 Å². The summed E-state index contributed by atoms with van der Waals surface area (Å²) in [5.41, 5.74) is 14.6. The molecule has 5 nitrogen and oxygen atoms in total. The molecule has 310 valence electrons. The maximum Gasteiger partial charge on any atom is 0.238 e. The van der Waals surface area contributed by atoms with Crippen LogP contribution in [0.1, 0.15) is 52.7 Å². The molecule has 11 rings (SSSR count). The zero-order chi connectivity index (χ0) is 43.7. The van der Waals surface area contributed by atoms with E-state index in [1.165, 1.54) is 33.0 Å². The first-order chi connectivity index (χ1) is 31.0. The summed E-state index contributed by atoms with van der Waals surface area (Å²) in [6, 6.07) is 67.6. The zero-order valence-electron chi connectivity index (χ0n) is 37.1. The Morgan fingerprint density at radius 1 is 0.328 bits per heavy atom. The van der Waals surface area contributed by atoms with Crippen molar-refractivity contribution in [2.45, 2.75) is 52.4 Å². The SMILES string of the molecule is CC(C)(C)c1ccc(-c2ccc3c(c2)c2cc(-c4ccc(C(C)(C)C)cc4)ccc2n3-c2nc(-c3ccccc3)nc(-c3ccccc3-n3c4ccccc4c4ccccc43)n2)cc1. The van der Waals surface area contributed by atoms with Gasteiger partial charge < -0.3 is 4.57 Å². The highest BCUT2D eigenvalue weighted by molar-refractivity contribution is 6.12. The number of nitrogens with zero attached hydrogens (tertiary/aromatic N) is 5. The van der Waals surface area contributed by atoms with Crippen LogP contribution in [0.4, 0.5) is 0 Å². The third kappa shape index (κ3) is 6.76. The van der Waals surface area contributed by atoms with E-state index in [1.54, 1.807) is 0 Å². The molecule has 0 saturated heterocycles. The second kappa shape index (κ2) is 15.0. The molecule has 0 amide bonds. The van der Waals surface area contributed by atoms with Gasteiger partial charge in [-0.15, -0.1) is 0 Å². The molecule has 0 spiro atoms. The van der Waals surface area contributed by atoms with E-state index in [0.717, 1.165) is 60.8 Å². The zero-order valence-corrected chi connectivity index (χ0v) is 37.1. The number of para-hydroxylation sites is 3. The van der Waals surface area contributed by atoms with E-state index in [4.69, 9.17) is 15.0 Å². The van der Waals surface area contributed by atoms with Crippen molar-refractivity contribution in [3.63, 3.8) is 0 Å². The minimum atomic E-state index is 0.0728. The predicted octanol–water partition coefficient (Wildman–Crippen LogP) is 15.3. The Bertz CT molecular complexity index is 3370. The molecule has 0 radical (unpaired) electrons. The molecular weight excluding hydrogens is 779 g/mol. The average molecular weight is 828 g/mol. The normalized spacial score (nSPS) is 12.2. The largest absolute Gasteiger partial charge is 0.309 e. The number of benzene rings is 8. The Balaban J connectivity index is 1.16. The summed E-state index contributed by atoms with van der Waals surface area (Å²) in [6.45, 7) is 13.6. The molecule has 0 atom stereocenters. The van der Waals surface area contributed by atoms with E-state index in [9.17, 15) is 0 Å². The summed E-state index contributed by atoms with van der Waals surface area (Å²) in [5.74, 6) is 1.77. The Labute approximate surface area is 374 Å².